The van der Waals surface area contributed by atoms with E-state index in [0.29, 0.717) is 41.7 Å². The molecule has 1 saturated heterocycles. The molecule has 9 heteroatoms. The lowest BCUT2D eigenvalue weighted by atomic mass is 9.95. The number of ether oxygens (including phenoxy) is 2. The second kappa shape index (κ2) is 10.9. The van der Waals surface area contributed by atoms with Gasteiger partial charge in [-0.25, -0.2) is 0 Å². The van der Waals surface area contributed by atoms with Crippen LogP contribution in [0, 0.1) is 0 Å². The molecule has 0 bridgehead atoms. The minimum absolute atomic E-state index is 0.0766. The molecule has 3 aromatic rings. The van der Waals surface area contributed by atoms with E-state index in [4.69, 9.17) is 9.47 Å². The molecule has 0 spiro atoms. The highest BCUT2D eigenvalue weighted by Crippen LogP contribution is 2.43. The summed E-state index contributed by atoms with van der Waals surface area (Å²) in [6.45, 7) is 5.82. The molecule has 190 valence electrons. The van der Waals surface area contributed by atoms with Gasteiger partial charge in [0.2, 0.25) is 5.91 Å². The maximum absolute atomic E-state index is 13.4. The number of aliphatic hydroxyl groups excluding tert-OH is 1. The van der Waals surface area contributed by atoms with E-state index in [9.17, 15) is 19.5 Å². The second-order valence-corrected chi connectivity index (χ2v) is 8.20. The van der Waals surface area contributed by atoms with Gasteiger partial charge in [0.05, 0.1) is 30.4 Å². The second-order valence-electron chi connectivity index (χ2n) is 8.20. The summed E-state index contributed by atoms with van der Waals surface area (Å²) in [5.74, 6) is -1.34. The lowest BCUT2D eigenvalue weighted by molar-refractivity contribution is -0.132. The Kier molecular flexibility index (Phi) is 7.52. The maximum atomic E-state index is 13.4. The van der Waals surface area contributed by atoms with E-state index < -0.39 is 17.7 Å². The molecule has 9 nitrogen and oxygen atoms in total. The molecule has 0 saturated carbocycles. The Morgan fingerprint density at radius 2 is 1.68 bits per heavy atom. The van der Waals surface area contributed by atoms with Gasteiger partial charge in [0.1, 0.15) is 17.3 Å². The molecule has 2 amide bonds. The van der Waals surface area contributed by atoms with Crippen molar-refractivity contribution in [1.82, 2.24) is 4.98 Å². The highest BCUT2D eigenvalue weighted by Gasteiger charge is 2.47. The number of benzene rings is 2. The number of aromatic nitrogens is 1. The van der Waals surface area contributed by atoms with Gasteiger partial charge >= 0.3 is 0 Å². The maximum Gasteiger partial charge on any atom is 0.300 e. The number of ketones is 1. The summed E-state index contributed by atoms with van der Waals surface area (Å²) in [4.78, 5) is 43.5. The Balaban J connectivity index is 1.87. The van der Waals surface area contributed by atoms with E-state index in [1.54, 1.807) is 73.9 Å². The van der Waals surface area contributed by atoms with Gasteiger partial charge in [-0.3, -0.25) is 24.3 Å². The molecule has 1 aliphatic heterocycles. The molecule has 2 N–H and O–H groups in total. The summed E-state index contributed by atoms with van der Waals surface area (Å²) >= 11 is 0. The fourth-order valence-electron chi connectivity index (χ4n) is 4.24. The fourth-order valence-corrected chi connectivity index (χ4v) is 4.24. The van der Waals surface area contributed by atoms with Crippen LogP contribution >= 0.6 is 0 Å². The summed E-state index contributed by atoms with van der Waals surface area (Å²) in [6, 6.07) is 13.9. The zero-order chi connectivity index (χ0) is 26.5. The van der Waals surface area contributed by atoms with Crippen molar-refractivity contribution in [3.63, 3.8) is 0 Å². The summed E-state index contributed by atoms with van der Waals surface area (Å²) in [5.41, 5.74) is 1.75. The van der Waals surface area contributed by atoms with E-state index in [1.807, 2.05) is 6.92 Å². The Morgan fingerprint density at radius 1 is 1.00 bits per heavy atom. The number of rotatable bonds is 8. The molecule has 1 atom stereocenters. The molecule has 2 aromatic carbocycles. The minimum Gasteiger partial charge on any atom is -0.507 e. The van der Waals surface area contributed by atoms with Gasteiger partial charge in [-0.15, -0.1) is 0 Å². The van der Waals surface area contributed by atoms with Crippen LogP contribution in [0.1, 0.15) is 37.9 Å². The third-order valence-corrected chi connectivity index (χ3v) is 5.75. The highest BCUT2D eigenvalue weighted by atomic mass is 16.5. The Morgan fingerprint density at radius 3 is 2.30 bits per heavy atom. The predicted octanol–water partition coefficient (Wildman–Crippen LogP) is 4.46. The summed E-state index contributed by atoms with van der Waals surface area (Å²) < 4.78 is 11.3. The number of nitrogens with zero attached hydrogens (tertiary/aromatic N) is 2. The highest BCUT2D eigenvalue weighted by molar-refractivity contribution is 6.51. The normalized spacial score (nSPS) is 16.5. The topological polar surface area (TPSA) is 118 Å². The number of carbonyl (C=O) groups excluding carboxylic acids is 3. The first-order valence-corrected chi connectivity index (χ1v) is 11.8. The van der Waals surface area contributed by atoms with Crippen molar-refractivity contribution >= 4 is 34.7 Å². The SMILES string of the molecule is CCOc1ccc(/C(O)=C2/C(=O)C(=O)N(c3ccc(NC(C)=O)cc3)C2c2ccncc2)c(OCC)c1. The van der Waals surface area contributed by atoms with Gasteiger partial charge in [-0.05, 0) is 67.9 Å². The lowest BCUT2D eigenvalue weighted by Gasteiger charge is -2.25. The predicted molar refractivity (Wildman–Crippen MR) is 139 cm³/mol. The number of hydrogen-bond donors (Lipinski definition) is 2. The van der Waals surface area contributed by atoms with E-state index in [2.05, 4.69) is 10.3 Å². The number of amides is 2. The van der Waals surface area contributed by atoms with Crippen molar-refractivity contribution in [2.75, 3.05) is 23.4 Å². The third kappa shape index (κ3) is 5.16. The molecular formula is C28H27N3O6. The zero-order valence-corrected chi connectivity index (χ0v) is 20.7. The molecule has 1 aromatic heterocycles. The number of Topliss-reactive ketones (excluding diaryl/α,β-unsaturated/α-hetero) is 1. The summed E-state index contributed by atoms with van der Waals surface area (Å²) in [7, 11) is 0. The molecule has 37 heavy (non-hydrogen) atoms. The number of carbonyl (C=O) groups is 3. The van der Waals surface area contributed by atoms with Crippen molar-refractivity contribution in [3.8, 4) is 11.5 Å². The first-order valence-electron chi connectivity index (χ1n) is 11.8. The van der Waals surface area contributed by atoms with Gasteiger partial charge in [0.25, 0.3) is 11.7 Å². The van der Waals surface area contributed by atoms with E-state index >= 15 is 0 Å². The first-order chi connectivity index (χ1) is 17.8. The van der Waals surface area contributed by atoms with Crippen LogP contribution in [0.15, 0.2) is 72.6 Å². The van der Waals surface area contributed by atoms with Crippen LogP contribution < -0.4 is 19.7 Å². The molecule has 0 radical (unpaired) electrons. The van der Waals surface area contributed by atoms with Crippen molar-refractivity contribution in [2.24, 2.45) is 0 Å². The van der Waals surface area contributed by atoms with Crippen molar-refractivity contribution < 1.29 is 29.0 Å². The van der Waals surface area contributed by atoms with Gasteiger partial charge in [-0.2, -0.15) is 0 Å². The van der Waals surface area contributed by atoms with Gasteiger partial charge < -0.3 is 19.9 Å². The van der Waals surface area contributed by atoms with Crippen LogP contribution in [-0.4, -0.2) is 40.9 Å². The van der Waals surface area contributed by atoms with Crippen molar-refractivity contribution in [2.45, 2.75) is 26.8 Å². The molecule has 0 aliphatic carbocycles. The molecule has 1 fully saturated rings. The van der Waals surface area contributed by atoms with Crippen molar-refractivity contribution in [1.29, 1.82) is 0 Å². The van der Waals surface area contributed by atoms with Crippen LogP contribution in [0.25, 0.3) is 5.76 Å². The molecule has 1 aliphatic rings. The number of hydrogen-bond acceptors (Lipinski definition) is 7. The van der Waals surface area contributed by atoms with Crippen LogP contribution in [0.3, 0.4) is 0 Å². The quantitative estimate of drug-likeness (QED) is 0.266. The van der Waals surface area contributed by atoms with E-state index in [1.165, 1.54) is 11.8 Å². The van der Waals surface area contributed by atoms with Gasteiger partial charge in [0.15, 0.2) is 0 Å². The standard InChI is InChI=1S/C28H27N3O6/c1-4-36-21-10-11-22(23(16-21)37-5-2)26(33)24-25(18-12-14-29-15-13-18)31(28(35)27(24)34)20-8-6-19(7-9-20)30-17(3)32/h6-16,25,33H,4-5H2,1-3H3,(H,30,32)/b26-24-. The van der Waals surface area contributed by atoms with Crippen LogP contribution in [-0.2, 0) is 14.4 Å². The minimum atomic E-state index is -0.921. The number of aliphatic hydroxyl groups is 1. The van der Waals surface area contributed by atoms with Crippen molar-refractivity contribution in [3.05, 3.63) is 83.7 Å². The average Bonchev–Trinajstić information content (AvgIpc) is 3.15. The monoisotopic (exact) mass is 501 g/mol. The zero-order valence-electron chi connectivity index (χ0n) is 20.7. The Bertz CT molecular complexity index is 1350. The largest absolute Gasteiger partial charge is 0.507 e. The van der Waals surface area contributed by atoms with E-state index in [0.717, 1.165) is 0 Å². The van der Waals surface area contributed by atoms with Crippen LogP contribution in [0.4, 0.5) is 11.4 Å². The summed E-state index contributed by atoms with van der Waals surface area (Å²) in [6.07, 6.45) is 3.11. The van der Waals surface area contributed by atoms with E-state index in [-0.39, 0.29) is 22.8 Å². The number of anilines is 2. The lowest BCUT2D eigenvalue weighted by Crippen LogP contribution is -2.29. The average molecular weight is 502 g/mol. The fraction of sp³-hybridized carbons (Fsp3) is 0.214. The first kappa shape index (κ1) is 25.4. The van der Waals surface area contributed by atoms with Crippen LogP contribution in [0.2, 0.25) is 0 Å². The molecule has 2 heterocycles. The smallest absolute Gasteiger partial charge is 0.300 e. The Labute approximate surface area is 214 Å². The third-order valence-electron chi connectivity index (χ3n) is 5.75. The Hall–Kier alpha value is -4.66. The molecular weight excluding hydrogens is 474 g/mol. The molecule has 1 unspecified atom stereocenters. The number of nitrogens with one attached hydrogen (secondary N) is 1. The van der Waals surface area contributed by atoms with Gasteiger partial charge in [-0.1, -0.05) is 0 Å². The summed E-state index contributed by atoms with van der Waals surface area (Å²) in [5, 5.41) is 14.1. The molecule has 4 rings (SSSR count). The van der Waals surface area contributed by atoms with Crippen LogP contribution in [0.5, 0.6) is 11.5 Å². The van der Waals surface area contributed by atoms with Gasteiger partial charge in [0, 0.05) is 36.8 Å². The number of pyridine rings is 1.